The van der Waals surface area contributed by atoms with Crippen LogP contribution in [-0.2, 0) is 4.74 Å². The first kappa shape index (κ1) is 20.2. The van der Waals surface area contributed by atoms with Crippen LogP contribution in [0.1, 0.15) is 11.5 Å². The van der Waals surface area contributed by atoms with Gasteiger partial charge in [0.25, 0.3) is 0 Å². The molecule has 4 rings (SSSR count). The number of hydrogen-bond acceptors (Lipinski definition) is 2. The molecule has 0 bridgehead atoms. The third kappa shape index (κ3) is 4.14. The zero-order chi connectivity index (χ0) is 20.8. The average Bonchev–Trinajstić information content (AvgIpc) is 3.21. The highest BCUT2D eigenvalue weighted by molar-refractivity contribution is 5.65. The molecule has 0 amide bonds. The fourth-order valence-corrected chi connectivity index (χ4v) is 4.22. The van der Waals surface area contributed by atoms with Crippen LogP contribution in [0.2, 0.25) is 0 Å². The Morgan fingerprint density at radius 3 is 2.34 bits per heavy atom. The number of halogens is 6. The van der Waals surface area contributed by atoms with E-state index in [4.69, 9.17) is 4.74 Å². The van der Waals surface area contributed by atoms with Crippen LogP contribution >= 0.6 is 0 Å². The molecule has 29 heavy (non-hydrogen) atoms. The first-order valence-corrected chi connectivity index (χ1v) is 9.31. The van der Waals surface area contributed by atoms with E-state index < -0.39 is 35.0 Å². The van der Waals surface area contributed by atoms with Crippen molar-refractivity contribution >= 4 is 0 Å². The van der Waals surface area contributed by atoms with E-state index in [0.717, 1.165) is 24.7 Å². The zero-order valence-corrected chi connectivity index (χ0v) is 15.3. The first-order chi connectivity index (χ1) is 13.7. The minimum Gasteiger partial charge on any atom is -0.376 e. The van der Waals surface area contributed by atoms with Crippen molar-refractivity contribution in [3.8, 4) is 0 Å². The van der Waals surface area contributed by atoms with Crippen LogP contribution < -0.4 is 5.32 Å². The first-order valence-electron chi connectivity index (χ1n) is 9.31. The van der Waals surface area contributed by atoms with E-state index in [9.17, 15) is 26.3 Å². The highest BCUT2D eigenvalue weighted by Gasteiger charge is 2.58. The standard InChI is InChI=1S/C21H19F6NO/c22-20(23,24)17-7-12(6-15-18(17)19(15)21(25,26)27)10-29-11-14-8-28-9-16(14)13-4-2-1-3-5-13/h1-7,14-16,28H,8-11H2/t14-,15?,16+/m1/s1. The summed E-state index contributed by atoms with van der Waals surface area (Å²) in [6.07, 6.45) is -7.56. The van der Waals surface area contributed by atoms with E-state index >= 15 is 0 Å². The molecule has 0 spiro atoms. The van der Waals surface area contributed by atoms with Crippen molar-refractivity contribution in [2.45, 2.75) is 18.3 Å². The lowest BCUT2D eigenvalue weighted by molar-refractivity contribution is -0.0907. The van der Waals surface area contributed by atoms with Crippen LogP contribution in [0.4, 0.5) is 26.3 Å². The smallest absolute Gasteiger partial charge is 0.376 e. The molecule has 0 aromatic heterocycles. The van der Waals surface area contributed by atoms with Gasteiger partial charge in [0, 0.05) is 36.4 Å². The van der Waals surface area contributed by atoms with Crippen molar-refractivity contribution in [2.24, 2.45) is 11.8 Å². The Kier molecular flexibility index (Phi) is 5.11. The Morgan fingerprint density at radius 1 is 0.966 bits per heavy atom. The average molecular weight is 415 g/mol. The molecule has 0 radical (unpaired) electrons. The van der Waals surface area contributed by atoms with Crippen molar-refractivity contribution < 1.29 is 31.1 Å². The van der Waals surface area contributed by atoms with E-state index in [0.29, 0.717) is 6.61 Å². The lowest BCUT2D eigenvalue weighted by atomic mass is 9.89. The molecule has 156 valence electrons. The summed E-state index contributed by atoms with van der Waals surface area (Å²) < 4.78 is 84.2. The third-order valence-corrected chi connectivity index (χ3v) is 5.61. The molecule has 1 heterocycles. The maximum atomic E-state index is 13.2. The summed E-state index contributed by atoms with van der Waals surface area (Å²) in [5, 5.41) is 3.29. The van der Waals surface area contributed by atoms with Crippen LogP contribution in [0, 0.1) is 11.8 Å². The van der Waals surface area contributed by atoms with Crippen LogP contribution in [0.3, 0.4) is 0 Å². The summed E-state index contributed by atoms with van der Waals surface area (Å²) in [6, 6.07) is 9.85. The van der Waals surface area contributed by atoms with Gasteiger partial charge < -0.3 is 10.1 Å². The van der Waals surface area contributed by atoms with E-state index in [2.05, 4.69) is 5.32 Å². The Balaban J connectivity index is 1.41. The van der Waals surface area contributed by atoms with Gasteiger partial charge in [0.15, 0.2) is 0 Å². The van der Waals surface area contributed by atoms with E-state index in [1.165, 1.54) is 6.08 Å². The van der Waals surface area contributed by atoms with Gasteiger partial charge in [0.1, 0.15) is 0 Å². The van der Waals surface area contributed by atoms with Gasteiger partial charge in [-0.15, -0.1) is 0 Å². The second kappa shape index (κ2) is 7.32. The van der Waals surface area contributed by atoms with Gasteiger partial charge in [0.05, 0.1) is 18.8 Å². The van der Waals surface area contributed by atoms with Gasteiger partial charge in [-0.3, -0.25) is 0 Å². The van der Waals surface area contributed by atoms with Gasteiger partial charge in [-0.05, 0) is 22.8 Å². The zero-order valence-electron chi connectivity index (χ0n) is 15.3. The number of rotatable bonds is 5. The molecule has 1 unspecified atom stereocenters. The van der Waals surface area contributed by atoms with Crippen LogP contribution in [-0.4, -0.2) is 38.7 Å². The second-order valence-electron chi connectivity index (χ2n) is 7.55. The predicted octanol–water partition coefficient (Wildman–Crippen LogP) is 4.92. The summed E-state index contributed by atoms with van der Waals surface area (Å²) in [7, 11) is 0. The maximum absolute atomic E-state index is 13.2. The fraction of sp³-hybridized carbons (Fsp3) is 0.429. The molecule has 1 aliphatic heterocycles. The van der Waals surface area contributed by atoms with E-state index in [-0.39, 0.29) is 24.0 Å². The molecule has 1 aromatic carbocycles. The monoisotopic (exact) mass is 415 g/mol. The molecule has 3 aliphatic rings. The van der Waals surface area contributed by atoms with Gasteiger partial charge in [-0.1, -0.05) is 36.4 Å². The minimum absolute atomic E-state index is 0.132. The maximum Gasteiger partial charge on any atom is 0.416 e. The summed E-state index contributed by atoms with van der Waals surface area (Å²) >= 11 is 0. The molecule has 0 saturated carbocycles. The summed E-state index contributed by atoms with van der Waals surface area (Å²) in [5.41, 5.74) is -1.67. The SMILES string of the molecule is FC(F)(F)C1=CC(COC[C@H]2CNC[C@H]2c2ccccc2)=CC2C1=C2C(F)(F)F. The Morgan fingerprint density at radius 2 is 1.69 bits per heavy atom. The normalized spacial score (nSPS) is 26.9. The van der Waals surface area contributed by atoms with Gasteiger partial charge in [0.2, 0.25) is 0 Å². The van der Waals surface area contributed by atoms with Crippen LogP contribution in [0.15, 0.2) is 64.8 Å². The third-order valence-electron chi connectivity index (χ3n) is 5.61. The van der Waals surface area contributed by atoms with Crippen molar-refractivity contribution in [2.75, 3.05) is 26.3 Å². The van der Waals surface area contributed by atoms with Crippen molar-refractivity contribution in [1.82, 2.24) is 5.32 Å². The number of nitrogens with one attached hydrogen (secondary N) is 1. The van der Waals surface area contributed by atoms with Crippen LogP contribution in [0.5, 0.6) is 0 Å². The van der Waals surface area contributed by atoms with E-state index in [1.807, 2.05) is 30.3 Å². The molecule has 8 heteroatoms. The summed E-state index contributed by atoms with van der Waals surface area (Å²) in [6.45, 7) is 1.67. The molecule has 1 saturated heterocycles. The highest BCUT2D eigenvalue weighted by atomic mass is 19.4. The van der Waals surface area contributed by atoms with Crippen molar-refractivity contribution in [1.29, 1.82) is 0 Å². The molecular formula is C21H19F6NO. The molecule has 1 N–H and O–H groups in total. The van der Waals surface area contributed by atoms with Crippen molar-refractivity contribution in [3.63, 3.8) is 0 Å². The highest BCUT2D eigenvalue weighted by Crippen LogP contribution is 2.58. The largest absolute Gasteiger partial charge is 0.416 e. The molecule has 2 aliphatic carbocycles. The van der Waals surface area contributed by atoms with Gasteiger partial charge in [-0.25, -0.2) is 0 Å². The number of alkyl halides is 6. The second-order valence-corrected chi connectivity index (χ2v) is 7.55. The number of benzene rings is 1. The Bertz CT molecular complexity index is 865. The van der Waals surface area contributed by atoms with Crippen LogP contribution in [0.25, 0.3) is 0 Å². The lowest BCUT2D eigenvalue weighted by Gasteiger charge is -2.20. The number of fused-ring (bicyclic) bond motifs is 1. The number of allylic oxidation sites excluding steroid dienone is 4. The Labute approximate surface area is 163 Å². The van der Waals surface area contributed by atoms with Gasteiger partial charge in [-0.2, -0.15) is 26.3 Å². The lowest BCUT2D eigenvalue weighted by Crippen LogP contribution is -2.19. The molecular weight excluding hydrogens is 396 g/mol. The quantitative estimate of drug-likeness (QED) is 0.689. The van der Waals surface area contributed by atoms with E-state index in [1.54, 1.807) is 0 Å². The topological polar surface area (TPSA) is 21.3 Å². The molecule has 3 atom stereocenters. The molecule has 2 nitrogen and oxygen atoms in total. The fourth-order valence-electron chi connectivity index (χ4n) is 4.22. The molecule has 1 aromatic rings. The van der Waals surface area contributed by atoms with Gasteiger partial charge >= 0.3 is 12.4 Å². The number of ether oxygens (including phenoxy) is 1. The predicted molar refractivity (Wildman–Crippen MR) is 95.2 cm³/mol. The number of hydrogen-bond donors (Lipinski definition) is 1. The summed E-state index contributed by atoms with van der Waals surface area (Å²) in [5.74, 6) is -0.931. The minimum atomic E-state index is -4.83. The Hall–Kier alpha value is -2.06. The summed E-state index contributed by atoms with van der Waals surface area (Å²) in [4.78, 5) is 0. The van der Waals surface area contributed by atoms with Crippen molar-refractivity contribution in [3.05, 3.63) is 70.3 Å². The molecule has 1 fully saturated rings.